The lowest BCUT2D eigenvalue weighted by molar-refractivity contribution is -0.112. The maximum absolute atomic E-state index is 13.3. The van der Waals surface area contributed by atoms with Crippen LogP contribution in [0.25, 0.3) is 6.08 Å². The van der Waals surface area contributed by atoms with Crippen molar-refractivity contribution in [2.75, 3.05) is 12.4 Å². The van der Waals surface area contributed by atoms with E-state index in [1.54, 1.807) is 42.5 Å². The first-order valence-electron chi connectivity index (χ1n) is 9.33. The molecule has 3 rings (SSSR count). The summed E-state index contributed by atoms with van der Waals surface area (Å²) in [6.45, 7) is 0.152. The zero-order chi connectivity index (χ0) is 23.1. The summed E-state index contributed by atoms with van der Waals surface area (Å²) >= 11 is 11.8. The Balaban J connectivity index is 1.76. The van der Waals surface area contributed by atoms with Gasteiger partial charge in [-0.2, -0.15) is 5.26 Å². The lowest BCUT2D eigenvalue weighted by Gasteiger charge is -2.12. The molecule has 1 amide bonds. The molecule has 0 aromatic heterocycles. The predicted molar refractivity (Wildman–Crippen MR) is 122 cm³/mol. The van der Waals surface area contributed by atoms with Crippen molar-refractivity contribution in [3.05, 3.63) is 93.2 Å². The molecule has 0 radical (unpaired) electrons. The summed E-state index contributed by atoms with van der Waals surface area (Å²) < 4.78 is 24.4. The van der Waals surface area contributed by atoms with Crippen molar-refractivity contribution in [2.24, 2.45) is 0 Å². The number of methoxy groups -OCH3 is 1. The standard InChI is InChI=1S/C24H17Cl2FN2O3/c1-31-23-11-15(5-8-22(23)32-14-16-3-2-4-18(27)10-16)9-17(13-28)24(30)29-19-6-7-20(25)21(26)12-19/h2-12H,14H2,1H3,(H,29,30)/b17-9+. The molecule has 3 aromatic rings. The summed E-state index contributed by atoms with van der Waals surface area (Å²) in [6.07, 6.45) is 1.42. The number of benzene rings is 3. The predicted octanol–water partition coefficient (Wildman–Crippen LogP) is 6.27. The van der Waals surface area contributed by atoms with Gasteiger partial charge in [-0.1, -0.05) is 41.4 Å². The van der Waals surface area contributed by atoms with Crippen LogP contribution in [0.2, 0.25) is 10.0 Å². The molecule has 0 bridgehead atoms. The molecule has 0 spiro atoms. The Kier molecular flexibility index (Phi) is 7.72. The molecule has 0 saturated heterocycles. The third-order valence-electron chi connectivity index (χ3n) is 4.32. The number of hydrogen-bond acceptors (Lipinski definition) is 4. The molecule has 0 unspecified atom stereocenters. The van der Waals surface area contributed by atoms with Crippen molar-refractivity contribution in [3.8, 4) is 17.6 Å². The molecule has 0 saturated carbocycles. The Labute approximate surface area is 194 Å². The maximum atomic E-state index is 13.3. The molecular formula is C24H17Cl2FN2O3. The van der Waals surface area contributed by atoms with E-state index in [0.717, 1.165) is 0 Å². The fourth-order valence-electron chi connectivity index (χ4n) is 2.77. The number of nitrogens with zero attached hydrogens (tertiary/aromatic N) is 1. The second-order valence-corrected chi connectivity index (χ2v) is 7.40. The molecule has 0 atom stereocenters. The van der Waals surface area contributed by atoms with Gasteiger partial charge in [0.05, 0.1) is 17.2 Å². The summed E-state index contributed by atoms with van der Waals surface area (Å²) in [5.41, 5.74) is 1.51. The molecule has 3 aromatic carbocycles. The van der Waals surface area contributed by atoms with Gasteiger partial charge in [0.1, 0.15) is 24.1 Å². The van der Waals surface area contributed by atoms with E-state index in [9.17, 15) is 14.4 Å². The number of amides is 1. The molecule has 0 aliphatic rings. The Morgan fingerprint density at radius 1 is 1.09 bits per heavy atom. The zero-order valence-corrected chi connectivity index (χ0v) is 18.4. The van der Waals surface area contributed by atoms with Crippen LogP contribution in [-0.4, -0.2) is 13.0 Å². The number of carbonyl (C=O) groups is 1. The molecule has 5 nitrogen and oxygen atoms in total. The lowest BCUT2D eigenvalue weighted by Crippen LogP contribution is -2.13. The first-order chi connectivity index (χ1) is 15.4. The third kappa shape index (κ3) is 6.01. The average Bonchev–Trinajstić information content (AvgIpc) is 2.78. The lowest BCUT2D eigenvalue weighted by atomic mass is 10.1. The van der Waals surface area contributed by atoms with E-state index >= 15 is 0 Å². The minimum absolute atomic E-state index is 0.119. The van der Waals surface area contributed by atoms with Crippen molar-refractivity contribution < 1.29 is 18.7 Å². The van der Waals surface area contributed by atoms with Gasteiger partial charge in [0.25, 0.3) is 5.91 Å². The minimum atomic E-state index is -0.601. The van der Waals surface area contributed by atoms with Gasteiger partial charge < -0.3 is 14.8 Å². The van der Waals surface area contributed by atoms with E-state index in [1.165, 1.54) is 31.4 Å². The summed E-state index contributed by atoms with van der Waals surface area (Å²) in [5.74, 6) is -0.108. The van der Waals surface area contributed by atoms with Crippen LogP contribution in [0.5, 0.6) is 11.5 Å². The summed E-state index contributed by atoms with van der Waals surface area (Å²) in [4.78, 5) is 12.5. The highest BCUT2D eigenvalue weighted by Crippen LogP contribution is 2.30. The molecule has 8 heteroatoms. The van der Waals surface area contributed by atoms with Crippen molar-refractivity contribution in [3.63, 3.8) is 0 Å². The van der Waals surface area contributed by atoms with Crippen molar-refractivity contribution in [2.45, 2.75) is 6.61 Å². The number of rotatable bonds is 7. The van der Waals surface area contributed by atoms with Gasteiger partial charge in [-0.3, -0.25) is 4.79 Å². The smallest absolute Gasteiger partial charge is 0.266 e. The fraction of sp³-hybridized carbons (Fsp3) is 0.0833. The van der Waals surface area contributed by atoms with Crippen LogP contribution >= 0.6 is 23.2 Å². The van der Waals surface area contributed by atoms with Gasteiger partial charge in [-0.25, -0.2) is 4.39 Å². The van der Waals surface area contributed by atoms with Crippen LogP contribution in [-0.2, 0) is 11.4 Å². The average molecular weight is 471 g/mol. The van der Waals surface area contributed by atoms with Gasteiger partial charge in [0.15, 0.2) is 11.5 Å². The normalized spacial score (nSPS) is 10.9. The molecular weight excluding hydrogens is 454 g/mol. The molecule has 0 heterocycles. The molecule has 162 valence electrons. The van der Waals surface area contributed by atoms with Crippen LogP contribution in [0.15, 0.2) is 66.2 Å². The number of halogens is 3. The highest BCUT2D eigenvalue weighted by molar-refractivity contribution is 6.42. The van der Waals surface area contributed by atoms with Crippen LogP contribution in [0.3, 0.4) is 0 Å². The molecule has 0 fully saturated rings. The Hall–Kier alpha value is -3.53. The van der Waals surface area contributed by atoms with E-state index in [2.05, 4.69) is 5.32 Å². The van der Waals surface area contributed by atoms with Gasteiger partial charge in [-0.15, -0.1) is 0 Å². The number of carbonyl (C=O) groups excluding carboxylic acids is 1. The molecule has 0 aliphatic heterocycles. The third-order valence-corrected chi connectivity index (χ3v) is 5.06. The van der Waals surface area contributed by atoms with E-state index in [-0.39, 0.29) is 23.0 Å². The van der Waals surface area contributed by atoms with E-state index in [1.807, 2.05) is 6.07 Å². The highest BCUT2D eigenvalue weighted by Gasteiger charge is 2.12. The molecule has 32 heavy (non-hydrogen) atoms. The van der Waals surface area contributed by atoms with Crippen LogP contribution in [0.1, 0.15) is 11.1 Å². The van der Waals surface area contributed by atoms with Gasteiger partial charge in [0.2, 0.25) is 0 Å². The Morgan fingerprint density at radius 2 is 1.91 bits per heavy atom. The highest BCUT2D eigenvalue weighted by atomic mass is 35.5. The summed E-state index contributed by atoms with van der Waals surface area (Å²) in [7, 11) is 1.47. The van der Waals surface area contributed by atoms with E-state index in [0.29, 0.717) is 33.3 Å². The minimum Gasteiger partial charge on any atom is -0.493 e. The van der Waals surface area contributed by atoms with E-state index in [4.69, 9.17) is 32.7 Å². The van der Waals surface area contributed by atoms with E-state index < -0.39 is 5.91 Å². The second-order valence-electron chi connectivity index (χ2n) is 6.58. The summed E-state index contributed by atoms with van der Waals surface area (Å²) in [6, 6.07) is 17.5. The first kappa shape index (κ1) is 23.1. The monoisotopic (exact) mass is 470 g/mol. The second kappa shape index (κ2) is 10.7. The topological polar surface area (TPSA) is 71.3 Å². The van der Waals surface area contributed by atoms with Crippen molar-refractivity contribution in [1.29, 1.82) is 5.26 Å². The number of nitriles is 1. The Morgan fingerprint density at radius 3 is 2.59 bits per heavy atom. The first-order valence-corrected chi connectivity index (χ1v) is 10.1. The number of nitrogens with one attached hydrogen (secondary N) is 1. The fourth-order valence-corrected chi connectivity index (χ4v) is 3.07. The van der Waals surface area contributed by atoms with Crippen molar-refractivity contribution >= 4 is 40.9 Å². The quantitative estimate of drug-likeness (QED) is 0.326. The number of anilines is 1. The van der Waals surface area contributed by atoms with Gasteiger partial charge in [0, 0.05) is 5.69 Å². The Bertz CT molecular complexity index is 1220. The molecule has 1 N–H and O–H groups in total. The van der Waals surface area contributed by atoms with Crippen LogP contribution < -0.4 is 14.8 Å². The van der Waals surface area contributed by atoms with Gasteiger partial charge >= 0.3 is 0 Å². The number of hydrogen-bond donors (Lipinski definition) is 1. The largest absolute Gasteiger partial charge is 0.493 e. The van der Waals surface area contributed by atoms with Crippen molar-refractivity contribution in [1.82, 2.24) is 0 Å². The molecule has 0 aliphatic carbocycles. The SMILES string of the molecule is COc1cc(/C=C(\C#N)C(=O)Nc2ccc(Cl)c(Cl)c2)ccc1OCc1cccc(F)c1. The van der Waals surface area contributed by atoms with Crippen LogP contribution in [0.4, 0.5) is 10.1 Å². The number of ether oxygens (including phenoxy) is 2. The maximum Gasteiger partial charge on any atom is 0.266 e. The summed E-state index contributed by atoms with van der Waals surface area (Å²) in [5, 5.41) is 12.7. The van der Waals surface area contributed by atoms with Crippen LogP contribution in [0, 0.1) is 17.1 Å². The zero-order valence-electron chi connectivity index (χ0n) is 16.9. The van der Waals surface area contributed by atoms with Gasteiger partial charge in [-0.05, 0) is 59.7 Å².